The molecule has 0 aromatic carbocycles. The van der Waals surface area contributed by atoms with E-state index in [1.807, 2.05) is 19.2 Å². The summed E-state index contributed by atoms with van der Waals surface area (Å²) in [5, 5.41) is 5.86. The number of amides is 2. The summed E-state index contributed by atoms with van der Waals surface area (Å²) >= 11 is 1.54. The molecule has 0 unspecified atom stereocenters. The molecule has 0 saturated carbocycles. The lowest BCUT2D eigenvalue weighted by atomic mass is 10.1. The van der Waals surface area contributed by atoms with Gasteiger partial charge in [0, 0.05) is 24.5 Å². The van der Waals surface area contributed by atoms with Crippen molar-refractivity contribution in [2.75, 3.05) is 6.54 Å². The highest BCUT2D eigenvalue weighted by molar-refractivity contribution is 7.09. The Morgan fingerprint density at radius 3 is 2.80 bits per heavy atom. The van der Waals surface area contributed by atoms with Crippen molar-refractivity contribution in [2.24, 2.45) is 0 Å². The third-order valence-electron chi connectivity index (χ3n) is 3.65. The molecule has 5 nitrogen and oxygen atoms in total. The van der Waals surface area contributed by atoms with Gasteiger partial charge in [0.2, 0.25) is 11.8 Å². The van der Waals surface area contributed by atoms with E-state index in [-0.39, 0.29) is 23.9 Å². The molecule has 110 valence electrons. The molecular weight excluding hydrogens is 274 g/mol. The molecule has 0 aliphatic carbocycles. The van der Waals surface area contributed by atoms with Crippen molar-refractivity contribution in [1.29, 1.82) is 0 Å². The number of carbonyl (C=O) groups excluding carboxylic acids is 2. The minimum atomic E-state index is -0.348. The number of hydrogen-bond acceptors (Lipinski definition) is 4. The molecule has 1 aromatic heterocycles. The molecule has 1 N–H and O–H groups in total. The largest absolute Gasteiger partial charge is 0.345 e. The lowest BCUT2D eigenvalue weighted by molar-refractivity contribution is -0.137. The van der Waals surface area contributed by atoms with Gasteiger partial charge in [0.1, 0.15) is 11.0 Å². The highest BCUT2D eigenvalue weighted by Crippen LogP contribution is 2.21. The van der Waals surface area contributed by atoms with Crippen molar-refractivity contribution < 1.29 is 9.59 Å². The van der Waals surface area contributed by atoms with Crippen LogP contribution in [0.2, 0.25) is 0 Å². The molecular formula is C14H21N3O2S. The number of thiazole rings is 1. The third-order valence-corrected chi connectivity index (χ3v) is 4.54. The zero-order valence-corrected chi connectivity index (χ0v) is 12.8. The van der Waals surface area contributed by atoms with Crippen LogP contribution in [-0.4, -0.2) is 34.3 Å². The van der Waals surface area contributed by atoms with Gasteiger partial charge in [-0.2, -0.15) is 0 Å². The molecule has 0 bridgehead atoms. The predicted molar refractivity (Wildman–Crippen MR) is 78.3 cm³/mol. The summed E-state index contributed by atoms with van der Waals surface area (Å²) in [7, 11) is 0. The fourth-order valence-corrected chi connectivity index (χ4v) is 3.33. The Morgan fingerprint density at radius 2 is 2.30 bits per heavy atom. The van der Waals surface area contributed by atoms with Crippen LogP contribution in [0.5, 0.6) is 0 Å². The number of rotatable bonds is 6. The molecule has 0 spiro atoms. The van der Waals surface area contributed by atoms with E-state index in [4.69, 9.17) is 0 Å². The van der Waals surface area contributed by atoms with E-state index in [1.165, 1.54) is 0 Å². The maximum absolute atomic E-state index is 12.4. The first kappa shape index (κ1) is 15.0. The molecule has 2 rings (SSSR count). The van der Waals surface area contributed by atoms with Crippen LogP contribution in [0.4, 0.5) is 0 Å². The predicted octanol–water partition coefficient (Wildman–Crippen LogP) is 2.11. The van der Waals surface area contributed by atoms with E-state index in [0.29, 0.717) is 19.4 Å². The van der Waals surface area contributed by atoms with Crippen molar-refractivity contribution >= 4 is 23.2 Å². The number of carbonyl (C=O) groups is 2. The first-order chi connectivity index (χ1) is 9.67. The van der Waals surface area contributed by atoms with E-state index >= 15 is 0 Å². The number of aromatic nitrogens is 1. The molecule has 1 saturated heterocycles. The van der Waals surface area contributed by atoms with Gasteiger partial charge in [0.25, 0.3) is 0 Å². The molecule has 1 aliphatic heterocycles. The van der Waals surface area contributed by atoms with Gasteiger partial charge in [-0.15, -0.1) is 11.3 Å². The molecule has 6 heteroatoms. The molecule has 1 fully saturated rings. The van der Waals surface area contributed by atoms with E-state index in [9.17, 15) is 9.59 Å². The molecule has 20 heavy (non-hydrogen) atoms. The molecule has 1 aliphatic rings. The van der Waals surface area contributed by atoms with Crippen LogP contribution in [0.15, 0.2) is 11.6 Å². The van der Waals surface area contributed by atoms with E-state index < -0.39 is 0 Å². The number of hydrogen-bond donors (Lipinski definition) is 1. The lowest BCUT2D eigenvalue weighted by Gasteiger charge is -2.27. The van der Waals surface area contributed by atoms with Crippen molar-refractivity contribution in [2.45, 2.75) is 51.6 Å². The van der Waals surface area contributed by atoms with Crippen molar-refractivity contribution in [3.05, 3.63) is 16.6 Å². The zero-order valence-electron chi connectivity index (χ0n) is 12.0. The van der Waals surface area contributed by atoms with E-state index in [2.05, 4.69) is 10.3 Å². The van der Waals surface area contributed by atoms with Gasteiger partial charge in [-0.05, 0) is 19.3 Å². The molecule has 0 radical (unpaired) electrons. The van der Waals surface area contributed by atoms with Gasteiger partial charge in [-0.25, -0.2) is 4.98 Å². The van der Waals surface area contributed by atoms with Crippen LogP contribution in [-0.2, 0) is 9.59 Å². The average Bonchev–Trinajstić information content (AvgIpc) is 3.09. The van der Waals surface area contributed by atoms with Crippen molar-refractivity contribution in [3.8, 4) is 0 Å². The topological polar surface area (TPSA) is 62.3 Å². The Kier molecular flexibility index (Phi) is 5.11. The Bertz CT molecular complexity index is 461. The summed E-state index contributed by atoms with van der Waals surface area (Å²) in [5.74, 6) is 0.0269. The smallest absolute Gasteiger partial charge is 0.243 e. The first-order valence-electron chi connectivity index (χ1n) is 7.16. The minimum absolute atomic E-state index is 0.0609. The van der Waals surface area contributed by atoms with Gasteiger partial charge >= 0.3 is 0 Å². The normalized spacial score (nSPS) is 18.1. The summed E-state index contributed by atoms with van der Waals surface area (Å²) in [6, 6.07) is -0.409. The fourth-order valence-electron chi connectivity index (χ4n) is 2.56. The third kappa shape index (κ3) is 3.17. The van der Waals surface area contributed by atoms with Crippen LogP contribution in [0, 0.1) is 0 Å². The maximum atomic E-state index is 12.4. The summed E-state index contributed by atoms with van der Waals surface area (Å²) in [6.45, 7) is 4.66. The van der Waals surface area contributed by atoms with Gasteiger partial charge in [-0.3, -0.25) is 9.59 Å². The van der Waals surface area contributed by atoms with Gasteiger partial charge in [-0.1, -0.05) is 13.8 Å². The Morgan fingerprint density at radius 1 is 1.50 bits per heavy atom. The highest BCUT2D eigenvalue weighted by atomic mass is 32.1. The standard InChI is InChI=1S/C14H21N3O2S/c1-3-10(14-15-7-9-20-14)16-13(19)11(4-2)17-8-5-6-12(17)18/h7,9-11H,3-6,8H2,1-2H3,(H,16,19)/t10-,11+/m1/s1. The Balaban J connectivity index is 2.03. The number of nitrogens with zero attached hydrogens (tertiary/aromatic N) is 2. The fraction of sp³-hybridized carbons (Fsp3) is 0.643. The monoisotopic (exact) mass is 295 g/mol. The summed E-state index contributed by atoms with van der Waals surface area (Å²) in [5.41, 5.74) is 0. The molecule has 1 aromatic rings. The lowest BCUT2D eigenvalue weighted by Crippen LogP contribution is -2.48. The second-order valence-electron chi connectivity index (χ2n) is 4.95. The highest BCUT2D eigenvalue weighted by Gasteiger charge is 2.32. The summed E-state index contributed by atoms with van der Waals surface area (Å²) in [6.07, 6.45) is 4.60. The Labute approximate surface area is 123 Å². The summed E-state index contributed by atoms with van der Waals surface area (Å²) < 4.78 is 0. The maximum Gasteiger partial charge on any atom is 0.243 e. The van der Waals surface area contributed by atoms with E-state index in [0.717, 1.165) is 17.8 Å². The SMILES string of the molecule is CC[C@@H](NC(=O)[C@H](CC)N1CCCC1=O)c1nccs1. The molecule has 2 amide bonds. The zero-order chi connectivity index (χ0) is 14.5. The van der Waals surface area contributed by atoms with Crippen LogP contribution in [0.3, 0.4) is 0 Å². The second kappa shape index (κ2) is 6.83. The Hall–Kier alpha value is -1.43. The van der Waals surface area contributed by atoms with Gasteiger partial charge in [0.15, 0.2) is 0 Å². The van der Waals surface area contributed by atoms with Crippen LogP contribution < -0.4 is 5.32 Å². The molecule has 2 atom stereocenters. The number of likely N-dealkylation sites (tertiary alicyclic amines) is 1. The van der Waals surface area contributed by atoms with Crippen LogP contribution in [0.25, 0.3) is 0 Å². The average molecular weight is 295 g/mol. The van der Waals surface area contributed by atoms with Gasteiger partial charge < -0.3 is 10.2 Å². The molecule has 2 heterocycles. The summed E-state index contributed by atoms with van der Waals surface area (Å²) in [4.78, 5) is 30.2. The second-order valence-corrected chi connectivity index (χ2v) is 5.88. The number of nitrogens with one attached hydrogen (secondary N) is 1. The van der Waals surface area contributed by atoms with Gasteiger partial charge in [0.05, 0.1) is 6.04 Å². The van der Waals surface area contributed by atoms with E-state index in [1.54, 1.807) is 22.4 Å². The first-order valence-corrected chi connectivity index (χ1v) is 8.04. The quantitative estimate of drug-likeness (QED) is 0.874. The van der Waals surface area contributed by atoms with Crippen molar-refractivity contribution in [1.82, 2.24) is 15.2 Å². The minimum Gasteiger partial charge on any atom is -0.345 e. The van der Waals surface area contributed by atoms with Crippen molar-refractivity contribution in [3.63, 3.8) is 0 Å². The van der Waals surface area contributed by atoms with Crippen LogP contribution >= 0.6 is 11.3 Å². The van der Waals surface area contributed by atoms with Crippen LogP contribution in [0.1, 0.15) is 50.6 Å².